The number of carbonyl (C=O) groups is 2. The van der Waals surface area contributed by atoms with Gasteiger partial charge in [-0.1, -0.05) is 66.5 Å². The summed E-state index contributed by atoms with van der Waals surface area (Å²) in [5, 5.41) is 3.23. The maximum atomic E-state index is 13.7. The lowest BCUT2D eigenvalue weighted by Crippen LogP contribution is -2.51. The Bertz CT molecular complexity index is 1370. The Kier molecular flexibility index (Phi) is 10.6. The second kappa shape index (κ2) is 13.7. The molecule has 0 saturated heterocycles. The lowest BCUT2D eigenvalue weighted by molar-refractivity contribution is -0.140. The number of carbonyl (C=O) groups excluding carboxylic acids is 2. The predicted octanol–water partition coefficient (Wildman–Crippen LogP) is 4.89. The van der Waals surface area contributed by atoms with Gasteiger partial charge in [-0.05, 0) is 48.4 Å². The number of hydrogen-bond donors (Lipinski definition) is 1. The summed E-state index contributed by atoms with van der Waals surface area (Å²) < 4.78 is 32.4. The highest BCUT2D eigenvalue weighted by molar-refractivity contribution is 7.92. The molecule has 39 heavy (non-hydrogen) atoms. The Balaban J connectivity index is 1.87. The molecule has 0 bridgehead atoms. The maximum absolute atomic E-state index is 13.7. The second-order valence-corrected chi connectivity index (χ2v) is 11.5. The fourth-order valence-electron chi connectivity index (χ4n) is 4.00. The van der Waals surface area contributed by atoms with Gasteiger partial charge >= 0.3 is 0 Å². The molecular weight excluding hydrogens is 561 g/mol. The molecule has 0 unspecified atom stereocenters. The summed E-state index contributed by atoms with van der Waals surface area (Å²) >= 11 is 12.7. The van der Waals surface area contributed by atoms with Gasteiger partial charge in [0.15, 0.2) is 0 Å². The van der Waals surface area contributed by atoms with Crippen LogP contribution in [0.5, 0.6) is 5.75 Å². The molecular formula is C28H31Cl2N3O5S. The summed E-state index contributed by atoms with van der Waals surface area (Å²) in [6.07, 6.45) is 1.31. The average molecular weight is 593 g/mol. The van der Waals surface area contributed by atoms with Crippen LogP contribution in [0.3, 0.4) is 0 Å². The summed E-state index contributed by atoms with van der Waals surface area (Å²) in [4.78, 5) is 27.7. The first-order valence-electron chi connectivity index (χ1n) is 12.2. The maximum Gasteiger partial charge on any atom is 0.244 e. The van der Waals surface area contributed by atoms with Crippen molar-refractivity contribution in [2.75, 3.05) is 24.2 Å². The quantitative estimate of drug-likeness (QED) is 0.323. The molecule has 0 fully saturated rings. The number of rotatable bonds is 12. The average Bonchev–Trinajstić information content (AvgIpc) is 2.92. The molecule has 3 aromatic carbocycles. The van der Waals surface area contributed by atoms with E-state index in [-0.39, 0.29) is 18.1 Å². The fourth-order valence-corrected chi connectivity index (χ4v) is 5.37. The minimum atomic E-state index is -3.87. The molecule has 3 aromatic rings. The molecule has 3 rings (SSSR count). The second-order valence-electron chi connectivity index (χ2n) is 8.80. The Labute approximate surface area is 239 Å². The highest BCUT2D eigenvalue weighted by Gasteiger charge is 2.32. The molecule has 0 aliphatic carbocycles. The first-order valence-corrected chi connectivity index (χ1v) is 14.8. The number of nitrogens with one attached hydrogen (secondary N) is 1. The van der Waals surface area contributed by atoms with Gasteiger partial charge in [-0.25, -0.2) is 8.42 Å². The summed E-state index contributed by atoms with van der Waals surface area (Å²) in [5.74, 6) is -0.431. The van der Waals surface area contributed by atoms with Crippen molar-refractivity contribution in [3.63, 3.8) is 0 Å². The summed E-state index contributed by atoms with van der Waals surface area (Å²) in [5.41, 5.74) is 1.73. The highest BCUT2D eigenvalue weighted by Crippen LogP contribution is 2.28. The summed E-state index contributed by atoms with van der Waals surface area (Å²) in [6, 6.07) is 20.1. The van der Waals surface area contributed by atoms with Crippen molar-refractivity contribution in [3.8, 4) is 5.75 Å². The fraction of sp³-hybridized carbons (Fsp3) is 0.286. The van der Waals surface area contributed by atoms with Crippen LogP contribution < -0.4 is 14.4 Å². The van der Waals surface area contributed by atoms with E-state index >= 15 is 0 Å². The van der Waals surface area contributed by atoms with Crippen LogP contribution in [0.25, 0.3) is 0 Å². The van der Waals surface area contributed by atoms with Crippen LogP contribution in [0.15, 0.2) is 72.8 Å². The largest absolute Gasteiger partial charge is 0.489 e. The topological polar surface area (TPSA) is 96.0 Å². The molecule has 0 spiro atoms. The third kappa shape index (κ3) is 8.11. The van der Waals surface area contributed by atoms with Crippen LogP contribution in [0.1, 0.15) is 24.5 Å². The van der Waals surface area contributed by atoms with E-state index in [1.807, 2.05) is 30.3 Å². The van der Waals surface area contributed by atoms with Crippen LogP contribution in [-0.4, -0.2) is 51.0 Å². The summed E-state index contributed by atoms with van der Waals surface area (Å²) in [6.45, 7) is 1.51. The lowest BCUT2D eigenvalue weighted by atomic mass is 10.1. The molecule has 8 nitrogen and oxygen atoms in total. The summed E-state index contributed by atoms with van der Waals surface area (Å²) in [7, 11) is -2.40. The Morgan fingerprint density at radius 3 is 2.10 bits per heavy atom. The molecule has 208 valence electrons. The van der Waals surface area contributed by atoms with Crippen LogP contribution in [0.2, 0.25) is 10.0 Å². The molecule has 0 saturated carbocycles. The van der Waals surface area contributed by atoms with Crippen LogP contribution in [0.4, 0.5) is 5.69 Å². The molecule has 0 aliphatic rings. The zero-order valence-electron chi connectivity index (χ0n) is 21.9. The number of amides is 2. The molecule has 0 heterocycles. The zero-order chi connectivity index (χ0) is 28.6. The van der Waals surface area contributed by atoms with Crippen molar-refractivity contribution >= 4 is 50.7 Å². The van der Waals surface area contributed by atoms with Crippen LogP contribution >= 0.6 is 23.2 Å². The Morgan fingerprint density at radius 2 is 1.56 bits per heavy atom. The minimum Gasteiger partial charge on any atom is -0.489 e. The molecule has 11 heteroatoms. The highest BCUT2D eigenvalue weighted by atomic mass is 35.5. The third-order valence-corrected chi connectivity index (χ3v) is 7.92. The van der Waals surface area contributed by atoms with Crippen molar-refractivity contribution in [1.29, 1.82) is 0 Å². The molecule has 1 N–H and O–H groups in total. The zero-order valence-corrected chi connectivity index (χ0v) is 24.3. The van der Waals surface area contributed by atoms with Gasteiger partial charge in [-0.15, -0.1) is 0 Å². The van der Waals surface area contributed by atoms with E-state index in [9.17, 15) is 18.0 Å². The number of halogens is 2. The number of ether oxygens (including phenoxy) is 1. The van der Waals surface area contributed by atoms with Gasteiger partial charge in [0, 0.05) is 29.2 Å². The van der Waals surface area contributed by atoms with Gasteiger partial charge in [-0.2, -0.15) is 0 Å². The van der Waals surface area contributed by atoms with Crippen molar-refractivity contribution in [3.05, 3.63) is 94.0 Å². The van der Waals surface area contributed by atoms with Gasteiger partial charge < -0.3 is 15.0 Å². The number of likely N-dealkylation sites (N-methyl/N-ethyl adjacent to an activating group) is 1. The number of benzene rings is 3. The van der Waals surface area contributed by atoms with Gasteiger partial charge in [0.25, 0.3) is 0 Å². The molecule has 1 atom stereocenters. The van der Waals surface area contributed by atoms with Gasteiger partial charge in [0.2, 0.25) is 21.8 Å². The van der Waals surface area contributed by atoms with E-state index in [4.69, 9.17) is 27.9 Å². The van der Waals surface area contributed by atoms with E-state index in [0.29, 0.717) is 34.4 Å². The third-order valence-electron chi connectivity index (χ3n) is 6.07. The molecule has 0 aliphatic heterocycles. The Hall–Kier alpha value is -3.27. The van der Waals surface area contributed by atoms with Crippen molar-refractivity contribution in [2.45, 2.75) is 32.5 Å². The normalized spacial score (nSPS) is 11.9. The van der Waals surface area contributed by atoms with Crippen molar-refractivity contribution in [2.24, 2.45) is 0 Å². The van der Waals surface area contributed by atoms with Crippen LogP contribution in [0, 0.1) is 0 Å². The van der Waals surface area contributed by atoms with E-state index in [1.165, 1.54) is 11.9 Å². The van der Waals surface area contributed by atoms with Gasteiger partial charge in [-0.3, -0.25) is 13.9 Å². The van der Waals surface area contributed by atoms with Gasteiger partial charge in [0.1, 0.15) is 24.9 Å². The predicted molar refractivity (Wildman–Crippen MR) is 155 cm³/mol. The number of anilines is 1. The first-order chi connectivity index (χ1) is 18.5. The SMILES string of the molecule is CC[C@H](C(=O)NC)N(Cc1c(Cl)cccc1Cl)C(=O)CN(c1ccc(OCc2ccccc2)cc1)S(C)(=O)=O. The monoisotopic (exact) mass is 591 g/mol. The van der Waals surface area contributed by atoms with Gasteiger partial charge in [0.05, 0.1) is 11.9 Å². The van der Waals surface area contributed by atoms with Crippen molar-refractivity contribution in [1.82, 2.24) is 10.2 Å². The smallest absolute Gasteiger partial charge is 0.244 e. The molecule has 2 amide bonds. The van der Waals surface area contributed by atoms with E-state index in [0.717, 1.165) is 16.1 Å². The lowest BCUT2D eigenvalue weighted by Gasteiger charge is -2.33. The Morgan fingerprint density at radius 1 is 0.949 bits per heavy atom. The number of nitrogens with zero attached hydrogens (tertiary/aromatic N) is 2. The van der Waals surface area contributed by atoms with E-state index < -0.39 is 28.5 Å². The minimum absolute atomic E-state index is 0.0763. The van der Waals surface area contributed by atoms with E-state index in [2.05, 4.69) is 5.32 Å². The van der Waals surface area contributed by atoms with E-state index in [1.54, 1.807) is 49.4 Å². The standard InChI is InChI=1S/C28H31Cl2N3O5S/c1-4-26(28(35)31-2)32(17-23-24(29)11-8-12-25(23)30)27(34)18-33(39(3,36)37)21-13-15-22(16-14-21)38-19-20-9-6-5-7-10-20/h5-16,26H,4,17-19H2,1-3H3,(H,31,35)/t26-/m1/s1. The molecule has 0 radical (unpaired) electrons. The number of sulfonamides is 1. The van der Waals surface area contributed by atoms with Crippen LogP contribution in [-0.2, 0) is 32.8 Å². The molecule has 0 aromatic heterocycles. The first kappa shape index (κ1) is 30.3. The van der Waals surface area contributed by atoms with Crippen molar-refractivity contribution < 1.29 is 22.7 Å². The number of hydrogen-bond acceptors (Lipinski definition) is 5.